The van der Waals surface area contributed by atoms with E-state index >= 15 is 0 Å². The van der Waals surface area contributed by atoms with E-state index in [1.165, 1.54) is 5.56 Å². The highest BCUT2D eigenvalue weighted by atomic mass is 79.9. The molecule has 1 aliphatic heterocycles. The van der Waals surface area contributed by atoms with Gasteiger partial charge in [-0.2, -0.15) is 0 Å². The highest BCUT2D eigenvalue weighted by Gasteiger charge is 2.16. The Morgan fingerprint density at radius 1 is 1.10 bits per heavy atom. The Labute approximate surface area is 140 Å². The van der Waals surface area contributed by atoms with Crippen molar-refractivity contribution >= 4 is 50.7 Å². The van der Waals surface area contributed by atoms with Gasteiger partial charge in [0.25, 0.3) is 5.91 Å². The molecule has 1 amide bonds. The first-order valence-electron chi connectivity index (χ1n) is 6.33. The number of hydrogen-bond donors (Lipinski definition) is 2. The van der Waals surface area contributed by atoms with Crippen molar-refractivity contribution in [2.24, 2.45) is 0 Å². The lowest BCUT2D eigenvalue weighted by Crippen LogP contribution is -2.13. The van der Waals surface area contributed by atoms with E-state index in [-0.39, 0.29) is 5.91 Å². The quantitative estimate of drug-likeness (QED) is 0.792. The number of nitrogens with one attached hydrogen (secondary N) is 2. The second-order valence-corrected chi connectivity index (χ2v) is 6.52. The van der Waals surface area contributed by atoms with E-state index in [0.717, 1.165) is 23.1 Å². The van der Waals surface area contributed by atoms with E-state index < -0.39 is 0 Å². The Morgan fingerprint density at radius 3 is 2.48 bits per heavy atom. The van der Waals surface area contributed by atoms with Crippen molar-refractivity contribution in [3.8, 4) is 0 Å². The van der Waals surface area contributed by atoms with Gasteiger partial charge in [0.05, 0.1) is 15.7 Å². The van der Waals surface area contributed by atoms with Gasteiger partial charge in [-0.15, -0.1) is 0 Å². The summed E-state index contributed by atoms with van der Waals surface area (Å²) in [6, 6.07) is 9.05. The molecule has 108 valence electrons. The van der Waals surface area contributed by atoms with Crippen molar-refractivity contribution in [3.63, 3.8) is 0 Å². The number of benzene rings is 2. The maximum absolute atomic E-state index is 12.3. The third-order valence-corrected chi connectivity index (χ3v) is 4.40. The molecule has 3 nitrogen and oxygen atoms in total. The van der Waals surface area contributed by atoms with Crippen LogP contribution in [-0.4, -0.2) is 5.91 Å². The van der Waals surface area contributed by atoms with Gasteiger partial charge in [0.15, 0.2) is 0 Å². The molecule has 2 N–H and O–H groups in total. The highest BCUT2D eigenvalue weighted by Crippen LogP contribution is 2.34. The van der Waals surface area contributed by atoms with Gasteiger partial charge in [-0.1, -0.05) is 45.2 Å². The van der Waals surface area contributed by atoms with Crippen molar-refractivity contribution in [3.05, 3.63) is 61.5 Å². The minimum absolute atomic E-state index is 0.226. The van der Waals surface area contributed by atoms with Gasteiger partial charge in [0.1, 0.15) is 0 Å². The number of anilines is 1. The summed E-state index contributed by atoms with van der Waals surface area (Å²) in [5.74, 6) is -0.226. The standard InChI is InChI=1S/C15H11BrCl2N2O/c16-11-4-12(17)14(13(18)5-11)20-15(21)8-1-2-9-6-19-7-10(9)3-8/h1-5,19H,6-7H2,(H,20,21). The van der Waals surface area contributed by atoms with Crippen LogP contribution in [0.15, 0.2) is 34.8 Å². The SMILES string of the molecule is O=C(Nc1c(Cl)cc(Br)cc1Cl)c1ccc2c(c1)CNC2. The second kappa shape index (κ2) is 5.97. The lowest BCUT2D eigenvalue weighted by molar-refractivity contribution is 0.102. The molecular weight excluding hydrogens is 375 g/mol. The normalized spacial score (nSPS) is 13.1. The number of fused-ring (bicyclic) bond motifs is 1. The number of carbonyl (C=O) groups is 1. The predicted octanol–water partition coefficient (Wildman–Crippen LogP) is 4.61. The summed E-state index contributed by atoms with van der Waals surface area (Å²) in [7, 11) is 0. The monoisotopic (exact) mass is 384 g/mol. The first kappa shape index (κ1) is 14.9. The molecule has 2 aromatic rings. The summed E-state index contributed by atoms with van der Waals surface area (Å²) < 4.78 is 0.763. The number of amides is 1. The van der Waals surface area contributed by atoms with Gasteiger partial charge in [-0.25, -0.2) is 0 Å². The highest BCUT2D eigenvalue weighted by molar-refractivity contribution is 9.10. The first-order chi connectivity index (χ1) is 10.0. The Bertz CT molecular complexity index is 711. The van der Waals surface area contributed by atoms with E-state index in [1.54, 1.807) is 12.1 Å². The zero-order valence-electron chi connectivity index (χ0n) is 10.8. The average molecular weight is 386 g/mol. The molecule has 0 fully saturated rings. The summed E-state index contributed by atoms with van der Waals surface area (Å²) in [5.41, 5.74) is 3.39. The second-order valence-electron chi connectivity index (χ2n) is 4.79. The Balaban J connectivity index is 1.87. The molecule has 0 bridgehead atoms. The Hall–Kier alpha value is -1.07. The molecule has 21 heavy (non-hydrogen) atoms. The summed E-state index contributed by atoms with van der Waals surface area (Å²) in [4.78, 5) is 12.3. The molecule has 0 aromatic heterocycles. The van der Waals surface area contributed by atoms with Crippen molar-refractivity contribution in [1.29, 1.82) is 0 Å². The van der Waals surface area contributed by atoms with E-state index in [1.807, 2.05) is 18.2 Å². The molecular formula is C15H11BrCl2N2O. The number of hydrogen-bond acceptors (Lipinski definition) is 2. The van der Waals surface area contributed by atoms with Crippen LogP contribution in [0.5, 0.6) is 0 Å². The molecule has 0 saturated carbocycles. The van der Waals surface area contributed by atoms with Crippen LogP contribution in [0.1, 0.15) is 21.5 Å². The van der Waals surface area contributed by atoms with Gasteiger partial charge in [0.2, 0.25) is 0 Å². The van der Waals surface area contributed by atoms with E-state index in [9.17, 15) is 4.79 Å². The molecule has 1 aliphatic rings. The average Bonchev–Trinajstić information content (AvgIpc) is 2.89. The lowest BCUT2D eigenvalue weighted by atomic mass is 10.1. The molecule has 2 aromatic carbocycles. The molecule has 0 spiro atoms. The van der Waals surface area contributed by atoms with Crippen LogP contribution >= 0.6 is 39.1 Å². The topological polar surface area (TPSA) is 41.1 Å². The van der Waals surface area contributed by atoms with Crippen LogP contribution in [0.25, 0.3) is 0 Å². The van der Waals surface area contributed by atoms with Gasteiger partial charge < -0.3 is 10.6 Å². The van der Waals surface area contributed by atoms with Crippen molar-refractivity contribution in [2.75, 3.05) is 5.32 Å². The van der Waals surface area contributed by atoms with Crippen molar-refractivity contribution in [1.82, 2.24) is 5.32 Å². The summed E-state index contributed by atoms with van der Waals surface area (Å²) >= 11 is 15.5. The van der Waals surface area contributed by atoms with Crippen LogP contribution in [-0.2, 0) is 13.1 Å². The zero-order chi connectivity index (χ0) is 15.0. The molecule has 3 rings (SSSR count). The first-order valence-corrected chi connectivity index (χ1v) is 7.88. The minimum Gasteiger partial charge on any atom is -0.319 e. The van der Waals surface area contributed by atoms with Crippen LogP contribution in [0.2, 0.25) is 10.0 Å². The Morgan fingerprint density at radius 2 is 1.76 bits per heavy atom. The lowest BCUT2D eigenvalue weighted by Gasteiger charge is -2.10. The van der Waals surface area contributed by atoms with E-state index in [4.69, 9.17) is 23.2 Å². The minimum atomic E-state index is -0.226. The van der Waals surface area contributed by atoms with Crippen molar-refractivity contribution < 1.29 is 4.79 Å². The van der Waals surface area contributed by atoms with E-state index in [2.05, 4.69) is 26.6 Å². The Kier molecular flexibility index (Phi) is 4.22. The largest absolute Gasteiger partial charge is 0.319 e. The van der Waals surface area contributed by atoms with Crippen LogP contribution in [0.3, 0.4) is 0 Å². The van der Waals surface area contributed by atoms with Gasteiger partial charge >= 0.3 is 0 Å². The van der Waals surface area contributed by atoms with Gasteiger partial charge in [-0.05, 0) is 35.4 Å². The summed E-state index contributed by atoms with van der Waals surface area (Å²) in [5, 5.41) is 6.81. The fourth-order valence-corrected chi connectivity index (χ4v) is 3.59. The summed E-state index contributed by atoms with van der Waals surface area (Å²) in [6.07, 6.45) is 0. The molecule has 0 saturated heterocycles. The third-order valence-electron chi connectivity index (χ3n) is 3.34. The van der Waals surface area contributed by atoms with Crippen LogP contribution in [0.4, 0.5) is 5.69 Å². The molecule has 0 unspecified atom stereocenters. The molecule has 6 heteroatoms. The maximum atomic E-state index is 12.3. The molecule has 0 aliphatic carbocycles. The van der Waals surface area contributed by atoms with E-state index in [0.29, 0.717) is 21.3 Å². The van der Waals surface area contributed by atoms with Crippen molar-refractivity contribution in [2.45, 2.75) is 13.1 Å². The van der Waals surface area contributed by atoms with Gasteiger partial charge in [-0.3, -0.25) is 4.79 Å². The molecule has 0 radical (unpaired) electrons. The fourth-order valence-electron chi connectivity index (χ4n) is 2.28. The van der Waals surface area contributed by atoms with Gasteiger partial charge in [0, 0.05) is 23.1 Å². The zero-order valence-corrected chi connectivity index (χ0v) is 13.9. The van der Waals surface area contributed by atoms with Crippen LogP contribution < -0.4 is 10.6 Å². The number of halogens is 3. The smallest absolute Gasteiger partial charge is 0.255 e. The van der Waals surface area contributed by atoms with Crippen LogP contribution in [0, 0.1) is 0 Å². The molecule has 0 atom stereocenters. The third kappa shape index (κ3) is 3.09. The molecule has 1 heterocycles. The fraction of sp³-hybridized carbons (Fsp3) is 0.133. The maximum Gasteiger partial charge on any atom is 0.255 e. The summed E-state index contributed by atoms with van der Waals surface area (Å²) in [6.45, 7) is 1.64. The number of rotatable bonds is 2. The predicted molar refractivity (Wildman–Crippen MR) is 89.1 cm³/mol. The number of carbonyl (C=O) groups excluding carboxylic acids is 1.